The van der Waals surface area contributed by atoms with E-state index < -0.39 is 0 Å². The molecular weight excluding hydrogens is 248 g/mol. The van der Waals surface area contributed by atoms with E-state index in [1.807, 2.05) is 6.07 Å². The molecule has 106 valence electrons. The van der Waals surface area contributed by atoms with Crippen molar-refractivity contribution in [3.8, 4) is 6.07 Å². The lowest BCUT2D eigenvalue weighted by Gasteiger charge is -2.22. The van der Waals surface area contributed by atoms with Crippen molar-refractivity contribution >= 4 is 11.0 Å². The zero-order valence-electron chi connectivity index (χ0n) is 12.5. The van der Waals surface area contributed by atoms with Gasteiger partial charge < -0.3 is 4.57 Å². The average Bonchev–Trinajstić information content (AvgIpc) is 2.78. The first kappa shape index (κ1) is 14.5. The molecule has 0 N–H and O–H groups in total. The molecule has 0 fully saturated rings. The number of nitriles is 1. The third kappa shape index (κ3) is 3.00. The number of imidazole rings is 1. The Morgan fingerprint density at radius 2 is 2.15 bits per heavy atom. The van der Waals surface area contributed by atoms with Crippen LogP contribution >= 0.6 is 0 Å². The van der Waals surface area contributed by atoms with E-state index in [0.29, 0.717) is 6.42 Å². The summed E-state index contributed by atoms with van der Waals surface area (Å²) in [5.74, 6) is 1.08. The van der Waals surface area contributed by atoms with E-state index in [1.54, 1.807) is 0 Å². The lowest BCUT2D eigenvalue weighted by Crippen LogP contribution is -2.29. The maximum absolute atomic E-state index is 8.81. The van der Waals surface area contributed by atoms with Crippen molar-refractivity contribution in [3.63, 3.8) is 0 Å². The second kappa shape index (κ2) is 6.53. The van der Waals surface area contributed by atoms with Gasteiger partial charge in [-0.15, -0.1) is 0 Å². The minimum Gasteiger partial charge on any atom is -0.327 e. The van der Waals surface area contributed by atoms with Crippen molar-refractivity contribution in [2.45, 2.75) is 45.8 Å². The van der Waals surface area contributed by atoms with Crippen LogP contribution in [0.3, 0.4) is 0 Å². The van der Waals surface area contributed by atoms with Crippen molar-refractivity contribution in [1.29, 1.82) is 5.26 Å². The van der Waals surface area contributed by atoms with Crippen LogP contribution in [0.4, 0.5) is 0 Å². The maximum atomic E-state index is 8.81. The molecule has 1 atom stereocenters. The first-order valence-corrected chi connectivity index (χ1v) is 7.18. The van der Waals surface area contributed by atoms with Gasteiger partial charge in [0.05, 0.1) is 30.1 Å². The standard InChI is InChI=1S/C16H22N4/c1-4-11-20-15-8-6-5-7-14(15)18-16(20)12-19(3)13(2)9-10-17/h5-8,13H,4,9,11-12H2,1-3H3/t13-/m0/s1. The van der Waals surface area contributed by atoms with Gasteiger partial charge in [0, 0.05) is 12.6 Å². The van der Waals surface area contributed by atoms with Crippen molar-refractivity contribution in [1.82, 2.24) is 14.5 Å². The summed E-state index contributed by atoms with van der Waals surface area (Å²) in [5.41, 5.74) is 2.25. The van der Waals surface area contributed by atoms with E-state index in [2.05, 4.69) is 54.6 Å². The number of fused-ring (bicyclic) bond motifs is 1. The molecule has 2 aromatic rings. The smallest absolute Gasteiger partial charge is 0.124 e. The molecule has 0 aliphatic carbocycles. The molecule has 1 aromatic carbocycles. The quantitative estimate of drug-likeness (QED) is 0.809. The Morgan fingerprint density at radius 3 is 2.85 bits per heavy atom. The summed E-state index contributed by atoms with van der Waals surface area (Å²) in [5, 5.41) is 8.81. The van der Waals surface area contributed by atoms with Crippen LogP contribution in [-0.4, -0.2) is 27.5 Å². The minimum absolute atomic E-state index is 0.245. The molecule has 0 bridgehead atoms. The number of hydrogen-bond donors (Lipinski definition) is 0. The van der Waals surface area contributed by atoms with Gasteiger partial charge in [-0.2, -0.15) is 5.26 Å². The zero-order valence-corrected chi connectivity index (χ0v) is 12.5. The molecule has 1 heterocycles. The van der Waals surface area contributed by atoms with Gasteiger partial charge in [-0.3, -0.25) is 4.90 Å². The van der Waals surface area contributed by atoms with E-state index in [0.717, 1.165) is 30.9 Å². The largest absolute Gasteiger partial charge is 0.327 e. The van der Waals surface area contributed by atoms with E-state index in [4.69, 9.17) is 10.2 Å². The molecule has 0 spiro atoms. The number of benzene rings is 1. The van der Waals surface area contributed by atoms with Gasteiger partial charge in [0.2, 0.25) is 0 Å². The summed E-state index contributed by atoms with van der Waals surface area (Å²) in [7, 11) is 2.05. The van der Waals surface area contributed by atoms with Gasteiger partial charge in [0.1, 0.15) is 5.82 Å². The molecule has 4 nitrogen and oxygen atoms in total. The Kier molecular flexibility index (Phi) is 4.75. The molecule has 0 amide bonds. The van der Waals surface area contributed by atoms with Crippen LogP contribution in [0.5, 0.6) is 0 Å². The summed E-state index contributed by atoms with van der Waals surface area (Å²) in [6, 6.07) is 10.7. The third-order valence-corrected chi connectivity index (χ3v) is 3.71. The predicted molar refractivity (Wildman–Crippen MR) is 81.2 cm³/mol. The molecule has 0 aliphatic rings. The van der Waals surface area contributed by atoms with Crippen molar-refractivity contribution in [2.24, 2.45) is 0 Å². The topological polar surface area (TPSA) is 44.9 Å². The summed E-state index contributed by atoms with van der Waals surface area (Å²) < 4.78 is 2.30. The minimum atomic E-state index is 0.245. The lowest BCUT2D eigenvalue weighted by molar-refractivity contribution is 0.243. The number of para-hydroxylation sites is 2. The number of nitrogens with zero attached hydrogens (tertiary/aromatic N) is 4. The maximum Gasteiger partial charge on any atom is 0.124 e. The number of rotatable bonds is 6. The SMILES string of the molecule is CCCn1c(CN(C)[C@@H](C)CC#N)nc2ccccc21. The fraction of sp³-hybridized carbons (Fsp3) is 0.500. The molecule has 0 unspecified atom stereocenters. The summed E-state index contributed by atoms with van der Waals surface area (Å²) >= 11 is 0. The second-order valence-corrected chi connectivity index (χ2v) is 5.29. The van der Waals surface area contributed by atoms with Crippen molar-refractivity contribution < 1.29 is 0 Å². The molecule has 0 radical (unpaired) electrons. The monoisotopic (exact) mass is 270 g/mol. The van der Waals surface area contributed by atoms with Crippen LogP contribution < -0.4 is 0 Å². The molecular formula is C16H22N4. The zero-order chi connectivity index (χ0) is 14.5. The van der Waals surface area contributed by atoms with Crippen LogP contribution in [0.1, 0.15) is 32.5 Å². The number of hydrogen-bond acceptors (Lipinski definition) is 3. The first-order valence-electron chi connectivity index (χ1n) is 7.18. The molecule has 0 saturated carbocycles. The Labute approximate surface area is 120 Å². The highest BCUT2D eigenvalue weighted by Gasteiger charge is 2.15. The normalized spacial score (nSPS) is 12.8. The third-order valence-electron chi connectivity index (χ3n) is 3.71. The Balaban J connectivity index is 2.29. The van der Waals surface area contributed by atoms with Gasteiger partial charge in [-0.1, -0.05) is 19.1 Å². The summed E-state index contributed by atoms with van der Waals surface area (Å²) in [6.07, 6.45) is 1.63. The van der Waals surface area contributed by atoms with Crippen molar-refractivity contribution in [2.75, 3.05) is 7.05 Å². The van der Waals surface area contributed by atoms with E-state index in [9.17, 15) is 0 Å². The predicted octanol–water partition coefficient (Wildman–Crippen LogP) is 3.18. The lowest BCUT2D eigenvalue weighted by atomic mass is 10.2. The molecule has 4 heteroatoms. The van der Waals surface area contributed by atoms with Gasteiger partial charge in [0.15, 0.2) is 0 Å². The number of aryl methyl sites for hydroxylation is 1. The van der Waals surface area contributed by atoms with E-state index in [1.165, 1.54) is 5.52 Å². The van der Waals surface area contributed by atoms with Crippen LogP contribution in [0, 0.1) is 11.3 Å². The Morgan fingerprint density at radius 1 is 1.40 bits per heavy atom. The molecule has 0 saturated heterocycles. The van der Waals surface area contributed by atoms with E-state index in [-0.39, 0.29) is 6.04 Å². The van der Waals surface area contributed by atoms with Crippen LogP contribution in [0.15, 0.2) is 24.3 Å². The van der Waals surface area contributed by atoms with Crippen LogP contribution in [0.2, 0.25) is 0 Å². The Bertz CT molecular complexity index is 608. The first-order chi connectivity index (χ1) is 9.67. The fourth-order valence-corrected chi connectivity index (χ4v) is 2.39. The van der Waals surface area contributed by atoms with Gasteiger partial charge in [-0.25, -0.2) is 4.98 Å². The molecule has 20 heavy (non-hydrogen) atoms. The number of aromatic nitrogens is 2. The Hall–Kier alpha value is -1.86. The highest BCUT2D eigenvalue weighted by molar-refractivity contribution is 5.75. The van der Waals surface area contributed by atoms with Crippen LogP contribution in [0.25, 0.3) is 11.0 Å². The summed E-state index contributed by atoms with van der Waals surface area (Å²) in [4.78, 5) is 6.94. The molecule has 0 aliphatic heterocycles. The highest BCUT2D eigenvalue weighted by atomic mass is 15.2. The van der Waals surface area contributed by atoms with E-state index >= 15 is 0 Å². The second-order valence-electron chi connectivity index (χ2n) is 5.29. The van der Waals surface area contributed by atoms with Crippen molar-refractivity contribution in [3.05, 3.63) is 30.1 Å². The fourth-order valence-electron chi connectivity index (χ4n) is 2.39. The van der Waals surface area contributed by atoms with Crippen LogP contribution in [-0.2, 0) is 13.1 Å². The van der Waals surface area contributed by atoms with Gasteiger partial charge in [0.25, 0.3) is 0 Å². The highest BCUT2D eigenvalue weighted by Crippen LogP contribution is 2.18. The average molecular weight is 270 g/mol. The van der Waals surface area contributed by atoms with Gasteiger partial charge >= 0.3 is 0 Å². The summed E-state index contributed by atoms with van der Waals surface area (Å²) in [6.45, 7) is 6.02. The molecule has 2 rings (SSSR count). The molecule has 1 aromatic heterocycles. The van der Waals surface area contributed by atoms with Gasteiger partial charge in [-0.05, 0) is 32.5 Å².